The summed E-state index contributed by atoms with van der Waals surface area (Å²) in [4.78, 5) is 39.8. The fourth-order valence-electron chi connectivity index (χ4n) is 3.68. The molecule has 2 aromatic carbocycles. The van der Waals surface area contributed by atoms with Crippen LogP contribution in [0.3, 0.4) is 0 Å². The normalized spacial score (nSPS) is 12.7. The van der Waals surface area contributed by atoms with Crippen LogP contribution in [0.15, 0.2) is 48.5 Å². The van der Waals surface area contributed by atoms with Gasteiger partial charge < -0.3 is 15.2 Å². The fraction of sp³-hybridized carbons (Fsp3) is 0.304. The quantitative estimate of drug-likeness (QED) is 0.384. The van der Waals surface area contributed by atoms with Gasteiger partial charge in [0.05, 0.1) is 6.07 Å². The number of carboxylic acid groups (broad SMARTS) is 1. The van der Waals surface area contributed by atoms with E-state index < -0.39 is 30.6 Å². The number of nitriles is 1. The maximum atomic E-state index is 12.4. The molecule has 0 spiro atoms. The van der Waals surface area contributed by atoms with Crippen LogP contribution in [0.2, 0.25) is 0 Å². The molecule has 1 atom stereocenters. The number of benzene rings is 2. The number of hydrogen-bond acceptors (Lipinski definition) is 6. The minimum absolute atomic E-state index is 0.0852. The summed E-state index contributed by atoms with van der Waals surface area (Å²) in [5.74, 6) is -2.11. The van der Waals surface area contributed by atoms with Crippen LogP contribution in [0.4, 0.5) is 4.79 Å². The first-order valence-corrected chi connectivity index (χ1v) is 10.1. The highest BCUT2D eigenvalue weighted by Crippen LogP contribution is 2.44. The lowest BCUT2D eigenvalue weighted by Gasteiger charge is -2.19. The van der Waals surface area contributed by atoms with Gasteiger partial charge in [-0.25, -0.2) is 15.1 Å². The molecule has 0 heterocycles. The van der Waals surface area contributed by atoms with Gasteiger partial charge in [0, 0.05) is 12.3 Å². The van der Waals surface area contributed by atoms with Crippen molar-refractivity contribution in [2.45, 2.75) is 31.2 Å². The molecule has 2 amide bonds. The first-order chi connectivity index (χ1) is 15.5. The first-order valence-electron chi connectivity index (χ1n) is 10.1. The van der Waals surface area contributed by atoms with Gasteiger partial charge in [-0.15, -0.1) is 0 Å². The monoisotopic (exact) mass is 437 g/mol. The highest BCUT2D eigenvalue weighted by atomic mass is 16.7. The third-order valence-corrected chi connectivity index (χ3v) is 5.10. The molecule has 0 fully saturated rings. The Morgan fingerprint density at radius 2 is 1.69 bits per heavy atom. The maximum absolute atomic E-state index is 12.4. The van der Waals surface area contributed by atoms with E-state index in [0.717, 1.165) is 22.3 Å². The van der Waals surface area contributed by atoms with E-state index in [1.165, 1.54) is 0 Å². The largest absolute Gasteiger partial charge is 0.479 e. The Morgan fingerprint density at radius 3 is 2.28 bits per heavy atom. The summed E-state index contributed by atoms with van der Waals surface area (Å²) >= 11 is 0. The van der Waals surface area contributed by atoms with Gasteiger partial charge in [0.1, 0.15) is 12.6 Å². The number of hydroxylamine groups is 1. The molecule has 0 aliphatic heterocycles. The van der Waals surface area contributed by atoms with Crippen molar-refractivity contribution in [2.75, 3.05) is 13.2 Å². The number of amides is 2. The van der Waals surface area contributed by atoms with Crippen LogP contribution >= 0.6 is 0 Å². The van der Waals surface area contributed by atoms with Crippen LogP contribution in [-0.4, -0.2) is 42.3 Å². The summed E-state index contributed by atoms with van der Waals surface area (Å²) in [6, 6.07) is 16.8. The number of carbonyl (C=O) groups is 3. The smallest absolute Gasteiger partial charge is 0.407 e. The van der Waals surface area contributed by atoms with Crippen molar-refractivity contribution in [2.24, 2.45) is 0 Å². The Morgan fingerprint density at radius 1 is 1.06 bits per heavy atom. The average Bonchev–Trinajstić information content (AvgIpc) is 3.10. The predicted molar refractivity (Wildman–Crippen MR) is 113 cm³/mol. The number of rotatable bonds is 10. The van der Waals surface area contributed by atoms with E-state index in [-0.39, 0.29) is 25.4 Å². The molecule has 0 saturated heterocycles. The number of carboxylic acids is 1. The van der Waals surface area contributed by atoms with Crippen LogP contribution in [-0.2, 0) is 19.2 Å². The zero-order valence-electron chi connectivity index (χ0n) is 17.2. The van der Waals surface area contributed by atoms with Gasteiger partial charge in [-0.05, 0) is 35.1 Å². The Kier molecular flexibility index (Phi) is 7.78. The molecule has 0 aromatic heterocycles. The van der Waals surface area contributed by atoms with E-state index in [1.54, 1.807) is 0 Å². The number of unbranched alkanes of at least 4 members (excludes halogenated alkanes) is 1. The fourth-order valence-corrected chi connectivity index (χ4v) is 3.68. The second-order valence-electron chi connectivity index (χ2n) is 7.22. The van der Waals surface area contributed by atoms with Crippen molar-refractivity contribution in [3.63, 3.8) is 0 Å². The number of fused-ring (bicyclic) bond motifs is 3. The summed E-state index contributed by atoms with van der Waals surface area (Å²) in [6.45, 7) is -0.635. The minimum atomic E-state index is -1.25. The lowest BCUT2D eigenvalue weighted by Crippen LogP contribution is -2.47. The minimum Gasteiger partial charge on any atom is -0.479 e. The highest BCUT2D eigenvalue weighted by molar-refractivity contribution is 5.85. The van der Waals surface area contributed by atoms with Crippen molar-refractivity contribution >= 4 is 18.0 Å². The Labute approximate surface area is 184 Å². The highest BCUT2D eigenvalue weighted by Gasteiger charge is 2.29. The lowest BCUT2D eigenvalue weighted by atomic mass is 9.98. The third-order valence-electron chi connectivity index (χ3n) is 5.10. The molecule has 1 aliphatic rings. The molecule has 1 aliphatic carbocycles. The Hall–Kier alpha value is -3.90. The van der Waals surface area contributed by atoms with Gasteiger partial charge in [0.2, 0.25) is 0 Å². The summed E-state index contributed by atoms with van der Waals surface area (Å²) in [5, 5.41) is 19.8. The van der Waals surface area contributed by atoms with E-state index in [0.29, 0.717) is 6.42 Å². The van der Waals surface area contributed by atoms with Gasteiger partial charge in [-0.1, -0.05) is 48.5 Å². The number of nitrogens with one attached hydrogen (secondary N) is 2. The van der Waals surface area contributed by atoms with Crippen molar-refractivity contribution in [1.82, 2.24) is 10.8 Å². The maximum Gasteiger partial charge on any atom is 0.407 e. The first kappa shape index (κ1) is 22.8. The second kappa shape index (κ2) is 10.9. The molecule has 3 N–H and O–H groups in total. The molecule has 1 unspecified atom stereocenters. The van der Waals surface area contributed by atoms with E-state index in [2.05, 4.69) is 10.2 Å². The molecule has 0 saturated carbocycles. The average molecular weight is 437 g/mol. The molecule has 3 rings (SSSR count). The molecule has 166 valence electrons. The zero-order valence-corrected chi connectivity index (χ0v) is 17.2. The van der Waals surface area contributed by atoms with E-state index in [1.807, 2.05) is 60.1 Å². The molecule has 0 radical (unpaired) electrons. The number of ether oxygens (including phenoxy) is 1. The van der Waals surface area contributed by atoms with Crippen LogP contribution in [0, 0.1) is 11.3 Å². The van der Waals surface area contributed by atoms with Crippen LogP contribution in [0.1, 0.15) is 36.3 Å². The number of alkyl carbamates (subject to hydrolysis) is 1. The van der Waals surface area contributed by atoms with Crippen molar-refractivity contribution in [3.8, 4) is 17.2 Å². The van der Waals surface area contributed by atoms with Gasteiger partial charge in [0.25, 0.3) is 5.91 Å². The van der Waals surface area contributed by atoms with Gasteiger partial charge in [0.15, 0.2) is 6.61 Å². The van der Waals surface area contributed by atoms with Crippen molar-refractivity contribution < 1.29 is 29.1 Å². The van der Waals surface area contributed by atoms with Crippen LogP contribution in [0.25, 0.3) is 11.1 Å². The molecular formula is C23H23N3O6. The van der Waals surface area contributed by atoms with Crippen LogP contribution in [0.5, 0.6) is 0 Å². The van der Waals surface area contributed by atoms with Crippen LogP contribution < -0.4 is 10.8 Å². The number of aliphatic carboxylic acids is 1. The van der Waals surface area contributed by atoms with Crippen molar-refractivity contribution in [3.05, 3.63) is 59.7 Å². The van der Waals surface area contributed by atoms with Gasteiger partial charge >= 0.3 is 12.1 Å². The summed E-state index contributed by atoms with van der Waals surface area (Å²) in [5.41, 5.74) is 6.32. The van der Waals surface area contributed by atoms with Gasteiger partial charge in [-0.2, -0.15) is 5.26 Å². The predicted octanol–water partition coefficient (Wildman–Crippen LogP) is 2.72. The van der Waals surface area contributed by atoms with E-state index in [4.69, 9.17) is 15.1 Å². The third kappa shape index (κ3) is 5.62. The van der Waals surface area contributed by atoms with Gasteiger partial charge in [-0.3, -0.25) is 9.63 Å². The van der Waals surface area contributed by atoms with E-state index >= 15 is 0 Å². The lowest BCUT2D eigenvalue weighted by molar-refractivity contribution is -0.150. The Balaban J connectivity index is 1.61. The molecule has 2 aromatic rings. The number of hydrogen-bond donors (Lipinski definition) is 3. The molecule has 0 bridgehead atoms. The molecule has 9 nitrogen and oxygen atoms in total. The summed E-state index contributed by atoms with van der Waals surface area (Å²) < 4.78 is 5.44. The molecular weight excluding hydrogens is 414 g/mol. The topological polar surface area (TPSA) is 138 Å². The number of carbonyl (C=O) groups excluding carboxylic acids is 2. The summed E-state index contributed by atoms with van der Waals surface area (Å²) in [6.07, 6.45) is -0.0641. The van der Waals surface area contributed by atoms with E-state index in [9.17, 15) is 14.4 Å². The standard InChI is InChI=1S/C23H23N3O6/c24-12-6-5-11-20(22(29)26-32-14-21(27)28)25-23(30)31-13-19-17-9-3-1-7-15(17)16-8-2-4-10-18(16)19/h1-4,7-10,19-20H,5-6,11,13-14H2,(H,25,30)(H,26,29)(H,27,28). The Bertz CT molecular complexity index is 987. The SMILES string of the molecule is N#CCCCC(NC(=O)OCC1c2ccccc2-c2ccccc21)C(=O)NOCC(=O)O. The number of nitrogens with zero attached hydrogens (tertiary/aromatic N) is 1. The molecule has 9 heteroatoms. The van der Waals surface area contributed by atoms with Crippen molar-refractivity contribution in [1.29, 1.82) is 5.26 Å². The summed E-state index contributed by atoms with van der Waals surface area (Å²) in [7, 11) is 0. The molecule has 32 heavy (non-hydrogen) atoms. The second-order valence-corrected chi connectivity index (χ2v) is 7.22. The zero-order chi connectivity index (χ0) is 22.9.